The lowest BCUT2D eigenvalue weighted by Crippen LogP contribution is -2.33. The third-order valence-electron chi connectivity index (χ3n) is 3.53. The van der Waals surface area contributed by atoms with Gasteiger partial charge in [0.25, 0.3) is 11.1 Å². The second kappa shape index (κ2) is 7.25. The number of carbonyl (C=O) groups excluding carboxylic acids is 3. The summed E-state index contributed by atoms with van der Waals surface area (Å²) >= 11 is 4.09. The number of phenolic OH excluding ortho intramolecular Hbond substituents is 1. The highest BCUT2D eigenvalue weighted by Gasteiger charge is 2.36. The zero-order chi connectivity index (χ0) is 18.0. The molecule has 0 spiro atoms. The van der Waals surface area contributed by atoms with Crippen molar-refractivity contribution in [3.8, 4) is 5.75 Å². The van der Waals surface area contributed by atoms with Gasteiger partial charge in [-0.15, -0.1) is 0 Å². The van der Waals surface area contributed by atoms with E-state index in [9.17, 15) is 19.5 Å². The number of thioether (sulfide) groups is 1. The Balaban J connectivity index is 1.76. The SMILES string of the molecule is O=C(CN1C(=O)S/C(=C/c2ccc(O)cc2)C1=O)c1ccc(Br)cc1. The van der Waals surface area contributed by atoms with E-state index in [4.69, 9.17) is 0 Å². The van der Waals surface area contributed by atoms with Gasteiger partial charge >= 0.3 is 0 Å². The van der Waals surface area contributed by atoms with Gasteiger partial charge in [0.05, 0.1) is 11.4 Å². The number of amides is 2. The maximum absolute atomic E-state index is 12.4. The highest BCUT2D eigenvalue weighted by Crippen LogP contribution is 2.32. The summed E-state index contributed by atoms with van der Waals surface area (Å²) in [5.74, 6) is -0.681. The number of benzene rings is 2. The quantitative estimate of drug-likeness (QED) is 0.599. The molecule has 0 aliphatic carbocycles. The van der Waals surface area contributed by atoms with Crippen LogP contribution in [0.25, 0.3) is 6.08 Å². The Hall–Kier alpha value is -2.38. The van der Waals surface area contributed by atoms with Crippen LogP contribution in [-0.2, 0) is 4.79 Å². The molecule has 1 fully saturated rings. The Morgan fingerprint density at radius 3 is 2.36 bits per heavy atom. The first-order valence-electron chi connectivity index (χ1n) is 7.27. The molecule has 126 valence electrons. The monoisotopic (exact) mass is 417 g/mol. The van der Waals surface area contributed by atoms with E-state index in [0.717, 1.165) is 21.1 Å². The van der Waals surface area contributed by atoms with Crippen LogP contribution in [0.4, 0.5) is 4.79 Å². The number of hydrogen-bond donors (Lipinski definition) is 1. The van der Waals surface area contributed by atoms with Crippen LogP contribution in [0.2, 0.25) is 0 Å². The normalized spacial score (nSPS) is 15.9. The third-order valence-corrected chi connectivity index (χ3v) is 4.97. The van der Waals surface area contributed by atoms with Crippen molar-refractivity contribution in [1.29, 1.82) is 0 Å². The first kappa shape index (κ1) is 17.4. The van der Waals surface area contributed by atoms with E-state index >= 15 is 0 Å². The Morgan fingerprint density at radius 2 is 1.72 bits per heavy atom. The number of Topliss-reactive ketones (excluding diaryl/α,β-unsaturated/α-hetero) is 1. The molecule has 1 aliphatic rings. The lowest BCUT2D eigenvalue weighted by molar-refractivity contribution is -0.122. The van der Waals surface area contributed by atoms with Crippen LogP contribution in [0.15, 0.2) is 57.9 Å². The van der Waals surface area contributed by atoms with Gasteiger partial charge in [-0.1, -0.05) is 40.2 Å². The minimum atomic E-state index is -0.492. The minimum absolute atomic E-state index is 0.116. The Labute approximate surface area is 156 Å². The minimum Gasteiger partial charge on any atom is -0.508 e. The van der Waals surface area contributed by atoms with Crippen LogP contribution < -0.4 is 0 Å². The molecule has 25 heavy (non-hydrogen) atoms. The molecule has 0 aromatic heterocycles. The molecule has 0 bridgehead atoms. The molecule has 1 saturated heterocycles. The maximum Gasteiger partial charge on any atom is 0.293 e. The molecular formula is C18H12BrNO4S. The number of ketones is 1. The van der Waals surface area contributed by atoms with Gasteiger partial charge in [0.2, 0.25) is 0 Å². The number of nitrogens with zero attached hydrogens (tertiary/aromatic N) is 1. The fourth-order valence-corrected chi connectivity index (χ4v) is 3.33. The van der Waals surface area contributed by atoms with E-state index in [0.29, 0.717) is 11.1 Å². The van der Waals surface area contributed by atoms with Crippen molar-refractivity contribution in [2.75, 3.05) is 6.54 Å². The van der Waals surface area contributed by atoms with Crippen molar-refractivity contribution in [2.24, 2.45) is 0 Å². The Morgan fingerprint density at radius 1 is 1.08 bits per heavy atom. The standard InChI is InChI=1S/C18H12BrNO4S/c19-13-5-3-12(4-6-13)15(22)10-20-17(23)16(25-18(20)24)9-11-1-7-14(21)8-2-11/h1-9,21H,10H2/b16-9+. The largest absolute Gasteiger partial charge is 0.508 e. The molecule has 1 aliphatic heterocycles. The predicted octanol–water partition coefficient (Wildman–Crippen LogP) is 4.07. The molecule has 3 rings (SSSR count). The third kappa shape index (κ3) is 4.00. The fraction of sp³-hybridized carbons (Fsp3) is 0.0556. The van der Waals surface area contributed by atoms with Crippen molar-refractivity contribution in [1.82, 2.24) is 4.90 Å². The number of phenols is 1. The summed E-state index contributed by atoms with van der Waals surface area (Å²) in [5, 5.41) is 8.81. The van der Waals surface area contributed by atoms with Gasteiger partial charge in [0.15, 0.2) is 5.78 Å². The highest BCUT2D eigenvalue weighted by atomic mass is 79.9. The summed E-state index contributed by atoms with van der Waals surface area (Å²) in [6.45, 7) is -0.292. The van der Waals surface area contributed by atoms with Crippen molar-refractivity contribution < 1.29 is 19.5 Å². The van der Waals surface area contributed by atoms with Crippen LogP contribution in [0.3, 0.4) is 0 Å². The van der Waals surface area contributed by atoms with Crippen molar-refractivity contribution >= 4 is 50.7 Å². The van der Waals surface area contributed by atoms with Crippen LogP contribution in [0, 0.1) is 0 Å². The number of halogens is 1. The van der Waals surface area contributed by atoms with Gasteiger partial charge in [-0.05, 0) is 47.7 Å². The average molecular weight is 418 g/mol. The van der Waals surface area contributed by atoms with Crippen LogP contribution in [-0.4, -0.2) is 33.5 Å². The maximum atomic E-state index is 12.4. The lowest BCUT2D eigenvalue weighted by atomic mass is 10.1. The average Bonchev–Trinajstić information content (AvgIpc) is 2.85. The summed E-state index contributed by atoms with van der Waals surface area (Å²) in [5.41, 5.74) is 1.12. The highest BCUT2D eigenvalue weighted by molar-refractivity contribution is 9.10. The number of imide groups is 1. The summed E-state index contributed by atoms with van der Waals surface area (Å²) in [7, 11) is 0. The van der Waals surface area contributed by atoms with Gasteiger partial charge in [0, 0.05) is 10.0 Å². The fourth-order valence-electron chi connectivity index (χ4n) is 2.23. The van der Waals surface area contributed by atoms with E-state index < -0.39 is 11.1 Å². The van der Waals surface area contributed by atoms with Gasteiger partial charge in [0.1, 0.15) is 5.75 Å². The zero-order valence-electron chi connectivity index (χ0n) is 12.8. The molecule has 1 N–H and O–H groups in total. The molecule has 5 nitrogen and oxygen atoms in total. The van der Waals surface area contributed by atoms with Gasteiger partial charge < -0.3 is 5.11 Å². The molecular weight excluding hydrogens is 406 g/mol. The number of hydrogen-bond acceptors (Lipinski definition) is 5. The second-order valence-corrected chi connectivity index (χ2v) is 7.20. The number of aromatic hydroxyl groups is 1. The topological polar surface area (TPSA) is 74.7 Å². The molecule has 0 saturated carbocycles. The molecule has 2 amide bonds. The molecule has 7 heteroatoms. The van der Waals surface area contributed by atoms with E-state index in [1.807, 2.05) is 0 Å². The van der Waals surface area contributed by atoms with E-state index in [1.54, 1.807) is 42.5 Å². The molecule has 1 heterocycles. The van der Waals surface area contributed by atoms with E-state index in [1.165, 1.54) is 12.1 Å². The Bertz CT molecular complexity index is 875. The van der Waals surface area contributed by atoms with E-state index in [2.05, 4.69) is 15.9 Å². The van der Waals surface area contributed by atoms with Crippen LogP contribution in [0.5, 0.6) is 5.75 Å². The second-order valence-electron chi connectivity index (χ2n) is 5.29. The van der Waals surface area contributed by atoms with Crippen molar-refractivity contribution in [3.63, 3.8) is 0 Å². The summed E-state index contributed by atoms with van der Waals surface area (Å²) < 4.78 is 0.840. The first-order valence-corrected chi connectivity index (χ1v) is 8.88. The molecule has 0 unspecified atom stereocenters. The van der Waals surface area contributed by atoms with Gasteiger partial charge in [-0.3, -0.25) is 19.3 Å². The molecule has 2 aromatic rings. The zero-order valence-corrected chi connectivity index (χ0v) is 15.2. The lowest BCUT2D eigenvalue weighted by Gasteiger charge is -2.11. The molecule has 0 radical (unpaired) electrons. The number of rotatable bonds is 4. The smallest absolute Gasteiger partial charge is 0.293 e. The summed E-state index contributed by atoms with van der Waals surface area (Å²) in [6.07, 6.45) is 1.56. The predicted molar refractivity (Wildman–Crippen MR) is 99.3 cm³/mol. The Kier molecular flexibility index (Phi) is 5.06. The van der Waals surface area contributed by atoms with Gasteiger partial charge in [-0.2, -0.15) is 0 Å². The van der Waals surface area contributed by atoms with Crippen LogP contribution >= 0.6 is 27.7 Å². The summed E-state index contributed by atoms with van der Waals surface area (Å²) in [4.78, 5) is 38.0. The van der Waals surface area contributed by atoms with Crippen molar-refractivity contribution in [2.45, 2.75) is 0 Å². The van der Waals surface area contributed by atoms with Gasteiger partial charge in [-0.25, -0.2) is 0 Å². The number of carbonyl (C=O) groups is 3. The van der Waals surface area contributed by atoms with Crippen LogP contribution in [0.1, 0.15) is 15.9 Å². The first-order chi connectivity index (χ1) is 11.9. The van der Waals surface area contributed by atoms with E-state index in [-0.39, 0.29) is 23.0 Å². The molecule has 2 aromatic carbocycles. The summed E-state index contributed by atoms with van der Waals surface area (Å²) in [6, 6.07) is 13.0. The molecule has 0 atom stereocenters. The van der Waals surface area contributed by atoms with Crippen molar-refractivity contribution in [3.05, 3.63) is 69.0 Å².